The number of aromatic nitrogens is 2. The van der Waals surface area contributed by atoms with Gasteiger partial charge in [-0.15, -0.1) is 11.3 Å². The third-order valence-electron chi connectivity index (χ3n) is 4.10. The molecule has 2 N–H and O–H groups in total. The van der Waals surface area contributed by atoms with Gasteiger partial charge >= 0.3 is 0 Å². The van der Waals surface area contributed by atoms with Gasteiger partial charge in [0.25, 0.3) is 0 Å². The van der Waals surface area contributed by atoms with Crippen molar-refractivity contribution in [1.29, 1.82) is 0 Å². The minimum atomic E-state index is 0.649. The molecule has 0 bridgehead atoms. The van der Waals surface area contributed by atoms with Gasteiger partial charge in [0.1, 0.15) is 16.5 Å². The van der Waals surface area contributed by atoms with E-state index in [9.17, 15) is 0 Å². The minimum Gasteiger partial charge on any atom is -0.383 e. The summed E-state index contributed by atoms with van der Waals surface area (Å²) in [5.74, 6) is 2.43. The van der Waals surface area contributed by atoms with Gasteiger partial charge < -0.3 is 5.73 Å². The molecule has 0 spiro atoms. The Morgan fingerprint density at radius 2 is 1.95 bits per heavy atom. The Kier molecular flexibility index (Phi) is 4.17. The van der Waals surface area contributed by atoms with Gasteiger partial charge in [0.05, 0.1) is 11.1 Å². The highest BCUT2D eigenvalue weighted by Gasteiger charge is 2.16. The van der Waals surface area contributed by atoms with Gasteiger partial charge in [0, 0.05) is 10.1 Å². The summed E-state index contributed by atoms with van der Waals surface area (Å²) in [5.41, 5.74) is 7.36. The maximum Gasteiger partial charge on any atom is 0.142 e. The Bertz CT molecular complexity index is 615. The first-order valence-corrected chi connectivity index (χ1v) is 9.15. The highest BCUT2D eigenvalue weighted by molar-refractivity contribution is 7.99. The van der Waals surface area contributed by atoms with Crippen LogP contribution in [0, 0.1) is 13.8 Å². The molecule has 0 unspecified atom stereocenters. The minimum absolute atomic E-state index is 0.649. The molecule has 1 fully saturated rings. The van der Waals surface area contributed by atoms with Crippen LogP contribution in [0.25, 0.3) is 10.2 Å². The summed E-state index contributed by atoms with van der Waals surface area (Å²) >= 11 is 3.73. The second kappa shape index (κ2) is 5.90. The largest absolute Gasteiger partial charge is 0.383 e. The number of rotatable bonds is 3. The van der Waals surface area contributed by atoms with Crippen LogP contribution in [-0.4, -0.2) is 15.2 Å². The van der Waals surface area contributed by atoms with Crippen LogP contribution in [0.5, 0.6) is 0 Å². The number of nitrogens with zero attached hydrogens (tertiary/aromatic N) is 2. The van der Waals surface area contributed by atoms with Gasteiger partial charge in [0.15, 0.2) is 0 Å². The van der Waals surface area contributed by atoms with Crippen LogP contribution < -0.4 is 5.73 Å². The summed E-state index contributed by atoms with van der Waals surface area (Å²) in [6.07, 6.45) is 6.85. The molecule has 0 amide bonds. The lowest BCUT2D eigenvalue weighted by Crippen LogP contribution is -2.09. The first-order valence-electron chi connectivity index (χ1n) is 7.29. The van der Waals surface area contributed by atoms with Crippen molar-refractivity contribution < 1.29 is 0 Å². The monoisotopic (exact) mass is 307 g/mol. The molecule has 3 nitrogen and oxygen atoms in total. The van der Waals surface area contributed by atoms with Crippen LogP contribution >= 0.6 is 23.1 Å². The van der Waals surface area contributed by atoms with E-state index in [-0.39, 0.29) is 0 Å². The predicted octanol–water partition coefficient (Wildman–Crippen LogP) is 4.46. The van der Waals surface area contributed by atoms with Crippen molar-refractivity contribution in [1.82, 2.24) is 9.97 Å². The van der Waals surface area contributed by atoms with Gasteiger partial charge in [-0.2, -0.15) is 11.8 Å². The Balaban J connectivity index is 1.78. The van der Waals surface area contributed by atoms with Crippen molar-refractivity contribution in [3.05, 3.63) is 16.3 Å². The SMILES string of the molecule is Cc1sc2nc(CSC3CCCCC3)nc(N)c2c1C. The van der Waals surface area contributed by atoms with E-state index in [2.05, 4.69) is 18.8 Å². The van der Waals surface area contributed by atoms with E-state index in [0.717, 1.165) is 27.0 Å². The van der Waals surface area contributed by atoms with Crippen molar-refractivity contribution in [2.24, 2.45) is 0 Å². The summed E-state index contributed by atoms with van der Waals surface area (Å²) in [6, 6.07) is 0. The molecule has 5 heteroatoms. The van der Waals surface area contributed by atoms with E-state index < -0.39 is 0 Å². The highest BCUT2D eigenvalue weighted by atomic mass is 32.2. The lowest BCUT2D eigenvalue weighted by Gasteiger charge is -2.20. The molecule has 2 aromatic heterocycles. The number of nitrogens with two attached hydrogens (primary N) is 1. The predicted molar refractivity (Wildman–Crippen MR) is 89.5 cm³/mol. The fourth-order valence-electron chi connectivity index (χ4n) is 2.82. The summed E-state index contributed by atoms with van der Waals surface area (Å²) in [4.78, 5) is 11.6. The first kappa shape index (κ1) is 14.1. The number of fused-ring (bicyclic) bond motifs is 1. The van der Waals surface area contributed by atoms with E-state index in [1.54, 1.807) is 11.3 Å². The van der Waals surface area contributed by atoms with Crippen LogP contribution in [0.15, 0.2) is 0 Å². The number of nitrogen functional groups attached to an aromatic ring is 1. The molecule has 1 aliphatic rings. The number of thioether (sulfide) groups is 1. The first-order chi connectivity index (χ1) is 9.65. The quantitative estimate of drug-likeness (QED) is 0.909. The molecular formula is C15H21N3S2. The Hall–Kier alpha value is -0.810. The molecule has 1 saturated carbocycles. The summed E-state index contributed by atoms with van der Waals surface area (Å²) < 4.78 is 0. The van der Waals surface area contributed by atoms with E-state index in [0.29, 0.717) is 5.82 Å². The highest BCUT2D eigenvalue weighted by Crippen LogP contribution is 2.34. The number of thiophene rings is 1. The van der Waals surface area contributed by atoms with Gasteiger partial charge in [-0.1, -0.05) is 19.3 Å². The van der Waals surface area contributed by atoms with Crippen LogP contribution in [0.3, 0.4) is 0 Å². The zero-order valence-electron chi connectivity index (χ0n) is 12.1. The number of hydrogen-bond acceptors (Lipinski definition) is 5. The van der Waals surface area contributed by atoms with Crippen molar-refractivity contribution in [2.45, 2.75) is 57.0 Å². The lowest BCUT2D eigenvalue weighted by atomic mass is 10.0. The second-order valence-corrected chi connectivity index (χ2v) is 8.05. The standard InChI is InChI=1S/C15H21N3S2/c1-9-10(2)20-15-13(9)14(16)17-12(18-15)8-19-11-6-4-3-5-7-11/h11H,3-8H2,1-2H3,(H2,16,17,18). The number of aryl methyl sites for hydroxylation is 2. The van der Waals surface area contributed by atoms with Crippen molar-refractivity contribution in [3.8, 4) is 0 Å². The molecule has 0 atom stereocenters. The van der Waals surface area contributed by atoms with E-state index >= 15 is 0 Å². The van der Waals surface area contributed by atoms with Crippen molar-refractivity contribution >= 4 is 39.1 Å². The fourth-order valence-corrected chi connectivity index (χ4v) is 5.05. The smallest absolute Gasteiger partial charge is 0.142 e. The van der Waals surface area contributed by atoms with Crippen molar-refractivity contribution in [3.63, 3.8) is 0 Å². The average Bonchev–Trinajstić information content (AvgIpc) is 2.73. The van der Waals surface area contributed by atoms with Crippen LogP contribution in [0.4, 0.5) is 5.82 Å². The number of anilines is 1. The Labute approximate surface area is 128 Å². The zero-order chi connectivity index (χ0) is 14.1. The Morgan fingerprint density at radius 1 is 1.20 bits per heavy atom. The maximum atomic E-state index is 6.13. The van der Waals surface area contributed by atoms with Crippen LogP contribution in [0.2, 0.25) is 0 Å². The van der Waals surface area contributed by atoms with E-state index in [4.69, 9.17) is 10.7 Å². The topological polar surface area (TPSA) is 51.8 Å². The fraction of sp³-hybridized carbons (Fsp3) is 0.600. The average molecular weight is 307 g/mol. The molecule has 0 aliphatic heterocycles. The number of hydrogen-bond donors (Lipinski definition) is 1. The molecule has 0 aromatic carbocycles. The van der Waals surface area contributed by atoms with Gasteiger partial charge in [-0.3, -0.25) is 0 Å². The molecule has 0 radical (unpaired) electrons. The molecule has 108 valence electrons. The summed E-state index contributed by atoms with van der Waals surface area (Å²) in [6.45, 7) is 4.22. The molecule has 3 rings (SSSR count). The third kappa shape index (κ3) is 2.79. The van der Waals surface area contributed by atoms with Gasteiger partial charge in [-0.05, 0) is 32.3 Å². The normalized spacial score (nSPS) is 16.9. The Morgan fingerprint density at radius 3 is 2.70 bits per heavy atom. The third-order valence-corrected chi connectivity index (χ3v) is 6.57. The van der Waals surface area contributed by atoms with Crippen LogP contribution in [0.1, 0.15) is 48.4 Å². The van der Waals surface area contributed by atoms with E-state index in [1.165, 1.54) is 42.5 Å². The zero-order valence-corrected chi connectivity index (χ0v) is 13.7. The summed E-state index contributed by atoms with van der Waals surface area (Å²) in [7, 11) is 0. The summed E-state index contributed by atoms with van der Waals surface area (Å²) in [5, 5.41) is 1.84. The molecule has 2 heterocycles. The molecule has 1 aliphatic carbocycles. The molecule has 2 aromatic rings. The lowest BCUT2D eigenvalue weighted by molar-refractivity contribution is 0.516. The maximum absolute atomic E-state index is 6.13. The van der Waals surface area contributed by atoms with Gasteiger partial charge in [-0.25, -0.2) is 9.97 Å². The molecule has 20 heavy (non-hydrogen) atoms. The molecular weight excluding hydrogens is 286 g/mol. The van der Waals surface area contributed by atoms with Gasteiger partial charge in [0.2, 0.25) is 0 Å². The molecule has 0 saturated heterocycles. The van der Waals surface area contributed by atoms with Crippen molar-refractivity contribution in [2.75, 3.05) is 5.73 Å². The second-order valence-electron chi connectivity index (χ2n) is 5.56. The van der Waals surface area contributed by atoms with E-state index in [1.807, 2.05) is 11.8 Å². The van der Waals surface area contributed by atoms with Crippen LogP contribution in [-0.2, 0) is 5.75 Å².